The molecular formula is C20H29N2O2+. The van der Waals surface area contributed by atoms with E-state index in [9.17, 15) is 4.79 Å². The van der Waals surface area contributed by atoms with E-state index in [1.54, 1.807) is 0 Å². The summed E-state index contributed by atoms with van der Waals surface area (Å²) in [5.41, 5.74) is 2.19. The first kappa shape index (κ1) is 17.0. The summed E-state index contributed by atoms with van der Waals surface area (Å²) >= 11 is 0. The van der Waals surface area contributed by atoms with Crippen LogP contribution in [0.5, 0.6) is 0 Å². The Morgan fingerprint density at radius 3 is 2.83 bits per heavy atom. The maximum Gasteiger partial charge on any atom is 0.348 e. The number of carbonyl (C=O) groups is 1. The highest BCUT2D eigenvalue weighted by Crippen LogP contribution is 2.35. The number of esters is 1. The molecule has 0 N–H and O–H groups in total. The standard InChI is InChI=1S/C20H29N2O2/c1-14(2)16-10-9-15(3)11-19(16)24-20(23)12-22-13-21(4)17-7-5-6-8-18(17)22/h5-8,13-16,19H,9-12H2,1-4H3/q+1/t15-,16-,19-/m1/s1. The van der Waals surface area contributed by atoms with Gasteiger partial charge in [-0.3, -0.25) is 0 Å². The van der Waals surface area contributed by atoms with Gasteiger partial charge in [-0.05, 0) is 42.7 Å². The smallest absolute Gasteiger partial charge is 0.348 e. The van der Waals surface area contributed by atoms with Gasteiger partial charge in [-0.2, -0.15) is 0 Å². The number of aromatic nitrogens is 2. The lowest BCUT2D eigenvalue weighted by atomic mass is 9.75. The Morgan fingerprint density at radius 1 is 1.33 bits per heavy atom. The average molecular weight is 329 g/mol. The second-order valence-corrected chi connectivity index (χ2v) is 7.70. The number of ether oxygens (including phenoxy) is 1. The minimum absolute atomic E-state index is 0.0665. The number of fused-ring (bicyclic) bond motifs is 1. The number of nitrogens with zero attached hydrogens (tertiary/aromatic N) is 2. The Morgan fingerprint density at radius 2 is 2.08 bits per heavy atom. The van der Waals surface area contributed by atoms with E-state index in [1.165, 1.54) is 6.42 Å². The maximum atomic E-state index is 12.6. The number of hydrogen-bond acceptors (Lipinski definition) is 2. The number of imidazole rings is 1. The van der Waals surface area contributed by atoms with E-state index in [0.717, 1.165) is 23.9 Å². The molecule has 0 radical (unpaired) electrons. The van der Waals surface area contributed by atoms with Crippen LogP contribution in [0, 0.1) is 17.8 Å². The van der Waals surface area contributed by atoms with Crippen LogP contribution in [0.1, 0.15) is 40.0 Å². The molecule has 3 atom stereocenters. The summed E-state index contributed by atoms with van der Waals surface area (Å²) in [6.07, 6.45) is 5.44. The molecule has 0 aliphatic heterocycles. The monoisotopic (exact) mass is 329 g/mol. The molecule has 1 fully saturated rings. The Kier molecular flexibility index (Phi) is 4.93. The molecule has 1 aromatic heterocycles. The number of rotatable bonds is 4. The van der Waals surface area contributed by atoms with Gasteiger partial charge in [-0.1, -0.05) is 39.3 Å². The fourth-order valence-corrected chi connectivity index (χ4v) is 4.06. The van der Waals surface area contributed by atoms with Gasteiger partial charge in [0.1, 0.15) is 6.10 Å². The topological polar surface area (TPSA) is 35.1 Å². The van der Waals surface area contributed by atoms with E-state index in [4.69, 9.17) is 4.74 Å². The Balaban J connectivity index is 1.72. The first-order valence-corrected chi connectivity index (χ1v) is 9.08. The van der Waals surface area contributed by atoms with Crippen LogP contribution in [0.2, 0.25) is 0 Å². The first-order valence-electron chi connectivity index (χ1n) is 9.08. The van der Waals surface area contributed by atoms with Gasteiger partial charge in [0.05, 0.1) is 7.05 Å². The van der Waals surface area contributed by atoms with Crippen molar-refractivity contribution in [3.05, 3.63) is 30.6 Å². The molecule has 24 heavy (non-hydrogen) atoms. The van der Waals surface area contributed by atoms with Crippen LogP contribution in [0.3, 0.4) is 0 Å². The van der Waals surface area contributed by atoms with Crippen molar-refractivity contribution in [3.63, 3.8) is 0 Å². The van der Waals surface area contributed by atoms with E-state index >= 15 is 0 Å². The zero-order valence-corrected chi connectivity index (χ0v) is 15.2. The quantitative estimate of drug-likeness (QED) is 0.636. The largest absolute Gasteiger partial charge is 0.459 e. The third-order valence-electron chi connectivity index (χ3n) is 5.43. The lowest BCUT2D eigenvalue weighted by Gasteiger charge is -2.36. The highest BCUT2D eigenvalue weighted by Gasteiger charge is 2.33. The van der Waals surface area contributed by atoms with E-state index < -0.39 is 0 Å². The predicted molar refractivity (Wildman–Crippen MR) is 94.3 cm³/mol. The molecular weight excluding hydrogens is 300 g/mol. The van der Waals surface area contributed by atoms with E-state index in [1.807, 2.05) is 40.7 Å². The minimum Gasteiger partial charge on any atom is -0.459 e. The van der Waals surface area contributed by atoms with Crippen LogP contribution in [0.15, 0.2) is 30.6 Å². The summed E-state index contributed by atoms with van der Waals surface area (Å²) in [5.74, 6) is 1.56. The third-order valence-corrected chi connectivity index (χ3v) is 5.43. The molecule has 0 saturated heterocycles. The Hall–Kier alpha value is -1.84. The third kappa shape index (κ3) is 3.47. The van der Waals surface area contributed by atoms with Crippen molar-refractivity contribution in [2.45, 2.75) is 52.7 Å². The number of hydrogen-bond donors (Lipinski definition) is 0. The van der Waals surface area contributed by atoms with Gasteiger partial charge in [-0.25, -0.2) is 13.9 Å². The Labute approximate surface area is 144 Å². The van der Waals surface area contributed by atoms with Crippen LogP contribution in [-0.4, -0.2) is 16.6 Å². The molecule has 0 bridgehead atoms. The van der Waals surface area contributed by atoms with Crippen molar-refractivity contribution >= 4 is 17.0 Å². The van der Waals surface area contributed by atoms with Crippen LogP contribution < -0.4 is 4.57 Å². The summed E-state index contributed by atoms with van der Waals surface area (Å²) in [6.45, 7) is 7.01. The number of carbonyl (C=O) groups excluding carboxylic acids is 1. The van der Waals surface area contributed by atoms with Gasteiger partial charge < -0.3 is 4.74 Å². The molecule has 0 amide bonds. The fourth-order valence-electron chi connectivity index (χ4n) is 4.06. The van der Waals surface area contributed by atoms with Crippen molar-refractivity contribution in [3.8, 4) is 0 Å². The van der Waals surface area contributed by atoms with Crippen LogP contribution in [-0.2, 0) is 23.1 Å². The first-order chi connectivity index (χ1) is 11.5. The lowest BCUT2D eigenvalue weighted by molar-refractivity contribution is -0.645. The lowest BCUT2D eigenvalue weighted by Crippen LogP contribution is -2.36. The second-order valence-electron chi connectivity index (χ2n) is 7.70. The second kappa shape index (κ2) is 6.96. The van der Waals surface area contributed by atoms with Gasteiger partial charge >= 0.3 is 5.97 Å². The van der Waals surface area contributed by atoms with Crippen molar-refractivity contribution in [2.75, 3.05) is 0 Å². The van der Waals surface area contributed by atoms with E-state index in [0.29, 0.717) is 17.8 Å². The summed E-state index contributed by atoms with van der Waals surface area (Å²) < 4.78 is 9.95. The number of para-hydroxylation sites is 2. The van der Waals surface area contributed by atoms with Gasteiger partial charge in [-0.15, -0.1) is 0 Å². The van der Waals surface area contributed by atoms with Crippen LogP contribution in [0.4, 0.5) is 0 Å². The molecule has 2 aromatic rings. The molecule has 3 rings (SSSR count). The summed E-state index contributed by atoms with van der Waals surface area (Å²) in [5, 5.41) is 0. The van der Waals surface area contributed by atoms with Gasteiger partial charge in [0.2, 0.25) is 6.33 Å². The molecule has 1 aromatic carbocycles. The molecule has 1 heterocycles. The molecule has 1 aliphatic carbocycles. The summed E-state index contributed by atoms with van der Waals surface area (Å²) in [7, 11) is 2.00. The molecule has 130 valence electrons. The normalized spacial score (nSPS) is 24.5. The molecule has 0 spiro atoms. The predicted octanol–water partition coefficient (Wildman–Crippen LogP) is 3.47. The molecule has 0 unspecified atom stereocenters. The molecule has 4 heteroatoms. The van der Waals surface area contributed by atoms with Crippen LogP contribution >= 0.6 is 0 Å². The maximum absolute atomic E-state index is 12.6. The zero-order valence-electron chi connectivity index (χ0n) is 15.2. The Bertz CT molecular complexity index is 719. The molecule has 1 aliphatic rings. The molecule has 4 nitrogen and oxygen atoms in total. The van der Waals surface area contributed by atoms with E-state index in [2.05, 4.69) is 26.8 Å². The highest BCUT2D eigenvalue weighted by atomic mass is 16.5. The van der Waals surface area contributed by atoms with Crippen molar-refractivity contribution < 1.29 is 14.1 Å². The summed E-state index contributed by atoms with van der Waals surface area (Å²) in [4.78, 5) is 12.6. The minimum atomic E-state index is -0.124. The van der Waals surface area contributed by atoms with Gasteiger partial charge in [0, 0.05) is 0 Å². The molecule has 1 saturated carbocycles. The summed E-state index contributed by atoms with van der Waals surface area (Å²) in [6, 6.07) is 8.13. The van der Waals surface area contributed by atoms with Crippen molar-refractivity contribution in [1.82, 2.24) is 4.57 Å². The van der Waals surface area contributed by atoms with Crippen molar-refractivity contribution in [1.29, 1.82) is 0 Å². The van der Waals surface area contributed by atoms with Gasteiger partial charge in [0.25, 0.3) is 0 Å². The van der Waals surface area contributed by atoms with Crippen molar-refractivity contribution in [2.24, 2.45) is 24.8 Å². The number of benzene rings is 1. The van der Waals surface area contributed by atoms with E-state index in [-0.39, 0.29) is 18.6 Å². The average Bonchev–Trinajstić information content (AvgIpc) is 2.83. The zero-order chi connectivity index (χ0) is 17.3. The number of aryl methyl sites for hydroxylation is 1. The van der Waals surface area contributed by atoms with Gasteiger partial charge in [0.15, 0.2) is 17.6 Å². The SMILES string of the molecule is CC(C)[C@H]1CC[C@@H](C)C[C@H]1OC(=O)Cn1c[n+](C)c2ccccc21. The fraction of sp³-hybridized carbons (Fsp3) is 0.600. The van der Waals surface area contributed by atoms with Crippen LogP contribution in [0.25, 0.3) is 11.0 Å². The highest BCUT2D eigenvalue weighted by molar-refractivity contribution is 5.75.